The molecule has 3 saturated heterocycles. The third kappa shape index (κ3) is 11.0. The fourth-order valence-electron chi connectivity index (χ4n) is 9.44. The Morgan fingerprint density at radius 3 is 1.62 bits per heavy atom. The van der Waals surface area contributed by atoms with Gasteiger partial charge in [0.2, 0.25) is 17.7 Å². The standard InChI is InChI=1S/C49H67N7O8/c1-29(2)32-17-23-37(24-18-32)56-38(33-13-19-35(20-14-33)50-44(57)40-11-9-27-54(40)46(59)42(30(3)4)52-48(61)63-7)25-26-39(56)34-15-21-36(22-16-34)51-45(58)41-12-10-28-55(41)47(60)43(31(5)6)53-49(62)64-8/h13-24,29-31,38-43,46,59H,9-12,25-28H2,1-8H3,(H,50,57)(H,51,58)(H,52,61)(H,53,62)/t38-,39-,40+,41+,42+,43+,46?/m1/s1. The number of hydrogen-bond acceptors (Lipinski definition) is 10. The second-order valence-electron chi connectivity index (χ2n) is 18.2. The number of methoxy groups -OCH3 is 2. The van der Waals surface area contributed by atoms with E-state index in [0.717, 1.165) is 36.1 Å². The van der Waals surface area contributed by atoms with Crippen LogP contribution in [0.15, 0.2) is 72.8 Å². The van der Waals surface area contributed by atoms with E-state index in [1.54, 1.807) is 9.80 Å². The first-order valence-electron chi connectivity index (χ1n) is 22.7. The van der Waals surface area contributed by atoms with Crippen molar-refractivity contribution in [1.29, 1.82) is 0 Å². The summed E-state index contributed by atoms with van der Waals surface area (Å²) in [6.07, 6.45) is 1.93. The molecule has 6 rings (SSSR count). The van der Waals surface area contributed by atoms with Crippen LogP contribution >= 0.6 is 0 Å². The Labute approximate surface area is 377 Å². The highest BCUT2D eigenvalue weighted by molar-refractivity contribution is 5.99. The van der Waals surface area contributed by atoms with Crippen LogP contribution in [-0.4, -0.2) is 103 Å². The van der Waals surface area contributed by atoms with Crippen molar-refractivity contribution in [1.82, 2.24) is 20.4 Å². The molecule has 5 N–H and O–H groups in total. The molecule has 346 valence electrons. The van der Waals surface area contributed by atoms with Gasteiger partial charge in [-0.05, 0) is 109 Å². The molecule has 3 aromatic carbocycles. The number of carbonyl (C=O) groups excluding carboxylic acids is 5. The predicted molar refractivity (Wildman–Crippen MR) is 247 cm³/mol. The van der Waals surface area contributed by atoms with E-state index in [4.69, 9.17) is 9.47 Å². The lowest BCUT2D eigenvalue weighted by atomic mass is 10.0. The van der Waals surface area contributed by atoms with Crippen molar-refractivity contribution in [2.45, 2.75) is 128 Å². The minimum atomic E-state index is -1.06. The Morgan fingerprint density at radius 1 is 0.625 bits per heavy atom. The van der Waals surface area contributed by atoms with Crippen molar-refractivity contribution in [2.24, 2.45) is 11.8 Å². The zero-order valence-electron chi connectivity index (χ0n) is 38.5. The first kappa shape index (κ1) is 47.8. The molecule has 0 aromatic heterocycles. The van der Waals surface area contributed by atoms with E-state index in [1.165, 1.54) is 19.8 Å². The maximum absolute atomic E-state index is 13.7. The Bertz CT molecular complexity index is 2080. The molecule has 3 fully saturated rings. The second kappa shape index (κ2) is 21.3. The lowest BCUT2D eigenvalue weighted by Crippen LogP contribution is -2.57. The van der Waals surface area contributed by atoms with Gasteiger partial charge in [-0.15, -0.1) is 0 Å². The van der Waals surface area contributed by atoms with Gasteiger partial charge in [0.15, 0.2) is 0 Å². The molecule has 7 atom stereocenters. The van der Waals surface area contributed by atoms with Gasteiger partial charge in [-0.3, -0.25) is 19.3 Å². The average Bonchev–Trinajstić information content (AvgIpc) is 4.08. The number of nitrogens with one attached hydrogen (secondary N) is 4. The highest BCUT2D eigenvalue weighted by Gasteiger charge is 2.41. The minimum absolute atomic E-state index is 0.0420. The molecule has 0 radical (unpaired) electrons. The molecule has 3 aliphatic heterocycles. The van der Waals surface area contributed by atoms with Gasteiger partial charge in [-0.2, -0.15) is 0 Å². The van der Waals surface area contributed by atoms with E-state index in [-0.39, 0.29) is 41.6 Å². The predicted octanol–water partition coefficient (Wildman–Crippen LogP) is 7.30. The van der Waals surface area contributed by atoms with Gasteiger partial charge in [0.05, 0.1) is 38.4 Å². The number of aliphatic hydroxyl groups excluding tert-OH is 1. The molecular formula is C49H67N7O8. The summed E-state index contributed by atoms with van der Waals surface area (Å²) in [5.74, 6) is -0.684. The number of nitrogens with zero attached hydrogens (tertiary/aromatic N) is 3. The van der Waals surface area contributed by atoms with Crippen LogP contribution in [0.25, 0.3) is 0 Å². The van der Waals surface area contributed by atoms with Crippen LogP contribution in [0.5, 0.6) is 0 Å². The monoisotopic (exact) mass is 882 g/mol. The van der Waals surface area contributed by atoms with Crippen LogP contribution in [0.2, 0.25) is 0 Å². The summed E-state index contributed by atoms with van der Waals surface area (Å²) < 4.78 is 9.52. The third-order valence-electron chi connectivity index (χ3n) is 13.0. The largest absolute Gasteiger partial charge is 0.453 e. The van der Waals surface area contributed by atoms with Crippen molar-refractivity contribution in [3.05, 3.63) is 89.5 Å². The fourth-order valence-corrected chi connectivity index (χ4v) is 9.44. The highest BCUT2D eigenvalue weighted by atomic mass is 16.5. The van der Waals surface area contributed by atoms with Crippen LogP contribution in [0.3, 0.4) is 0 Å². The van der Waals surface area contributed by atoms with Crippen molar-refractivity contribution >= 4 is 47.0 Å². The van der Waals surface area contributed by atoms with Crippen molar-refractivity contribution in [3.63, 3.8) is 0 Å². The number of rotatable bonds is 15. The van der Waals surface area contributed by atoms with Gasteiger partial charge in [0.25, 0.3) is 0 Å². The molecule has 1 unspecified atom stereocenters. The Balaban J connectivity index is 1.16. The summed E-state index contributed by atoms with van der Waals surface area (Å²) in [5, 5.41) is 22.8. The van der Waals surface area contributed by atoms with E-state index >= 15 is 0 Å². The average molecular weight is 882 g/mol. The van der Waals surface area contributed by atoms with Crippen LogP contribution in [0.4, 0.5) is 26.7 Å². The number of aliphatic hydroxyl groups is 1. The zero-order valence-corrected chi connectivity index (χ0v) is 38.5. The fraction of sp³-hybridized carbons (Fsp3) is 0.531. The van der Waals surface area contributed by atoms with E-state index in [9.17, 15) is 29.1 Å². The Morgan fingerprint density at radius 2 is 1.12 bits per heavy atom. The smallest absolute Gasteiger partial charge is 0.407 e. The minimum Gasteiger partial charge on any atom is -0.453 e. The molecule has 0 saturated carbocycles. The Hall–Kier alpha value is -5.67. The number of amides is 5. The molecule has 3 aliphatic rings. The second-order valence-corrected chi connectivity index (χ2v) is 18.2. The summed E-state index contributed by atoms with van der Waals surface area (Å²) in [6, 6.07) is 22.1. The molecule has 5 amide bonds. The number of ether oxygens (including phenoxy) is 2. The molecule has 15 heteroatoms. The van der Waals surface area contributed by atoms with E-state index < -0.39 is 42.6 Å². The molecular weight excluding hydrogens is 815 g/mol. The van der Waals surface area contributed by atoms with Gasteiger partial charge in [0.1, 0.15) is 18.3 Å². The lowest BCUT2D eigenvalue weighted by Gasteiger charge is -2.36. The summed E-state index contributed by atoms with van der Waals surface area (Å²) in [7, 11) is 2.53. The van der Waals surface area contributed by atoms with Gasteiger partial charge in [-0.1, -0.05) is 77.9 Å². The summed E-state index contributed by atoms with van der Waals surface area (Å²) >= 11 is 0. The number of alkyl carbamates (subject to hydrolysis) is 2. The van der Waals surface area contributed by atoms with E-state index in [2.05, 4.69) is 88.5 Å². The Kier molecular flexibility index (Phi) is 15.9. The molecule has 0 aliphatic carbocycles. The first-order chi connectivity index (χ1) is 30.6. The normalized spacial score (nSPS) is 21.4. The number of anilines is 3. The molecule has 0 bridgehead atoms. The number of carbonyl (C=O) groups is 5. The maximum Gasteiger partial charge on any atom is 0.407 e. The number of hydrogen-bond donors (Lipinski definition) is 5. The van der Waals surface area contributed by atoms with Crippen LogP contribution in [0.1, 0.15) is 115 Å². The molecule has 0 spiro atoms. The van der Waals surface area contributed by atoms with Gasteiger partial charge < -0.3 is 45.6 Å². The number of likely N-dealkylation sites (tertiary alicyclic amines) is 2. The zero-order chi connectivity index (χ0) is 46.2. The third-order valence-corrected chi connectivity index (χ3v) is 13.0. The molecule has 15 nitrogen and oxygen atoms in total. The summed E-state index contributed by atoms with van der Waals surface area (Å²) in [5.41, 5.74) is 5.86. The highest BCUT2D eigenvalue weighted by Crippen LogP contribution is 2.47. The number of benzene rings is 3. The van der Waals surface area contributed by atoms with Gasteiger partial charge >= 0.3 is 12.2 Å². The molecule has 3 heterocycles. The van der Waals surface area contributed by atoms with Gasteiger partial charge in [0, 0.05) is 30.2 Å². The quantitative estimate of drug-likeness (QED) is 0.104. The van der Waals surface area contributed by atoms with Crippen molar-refractivity contribution in [2.75, 3.05) is 42.8 Å². The summed E-state index contributed by atoms with van der Waals surface area (Å²) in [4.78, 5) is 70.7. The lowest BCUT2D eigenvalue weighted by molar-refractivity contribution is -0.139. The first-order valence-corrected chi connectivity index (χ1v) is 22.7. The van der Waals surface area contributed by atoms with Crippen LogP contribution < -0.4 is 26.2 Å². The van der Waals surface area contributed by atoms with E-state index in [0.29, 0.717) is 49.6 Å². The summed E-state index contributed by atoms with van der Waals surface area (Å²) in [6.45, 7) is 12.8. The van der Waals surface area contributed by atoms with E-state index in [1.807, 2.05) is 52.0 Å². The van der Waals surface area contributed by atoms with Crippen molar-refractivity contribution < 1.29 is 38.6 Å². The maximum atomic E-state index is 13.7. The van der Waals surface area contributed by atoms with Crippen LogP contribution in [-0.2, 0) is 23.9 Å². The molecule has 64 heavy (non-hydrogen) atoms. The SMILES string of the molecule is COC(=O)N[C@@H](C(C)C)C(O)N1CCC[C@H]1C(=O)Nc1ccc([C@H]2CC[C@H](c3ccc(NC(=O)[C@@H]4CCCN4C(=O)[C@@H](NC(=O)OC)C(C)C)cc3)N2c2ccc(C(C)C)cc2)cc1. The van der Waals surface area contributed by atoms with Crippen molar-refractivity contribution in [3.8, 4) is 0 Å². The topological polar surface area (TPSA) is 182 Å². The van der Waals surface area contributed by atoms with Crippen LogP contribution in [0, 0.1) is 11.8 Å². The van der Waals surface area contributed by atoms with Gasteiger partial charge in [-0.25, -0.2) is 9.59 Å². The molecule has 3 aromatic rings.